The van der Waals surface area contributed by atoms with Gasteiger partial charge in [0.15, 0.2) is 5.65 Å². The number of rotatable bonds is 2. The average Bonchev–Trinajstić information content (AvgIpc) is 3.11. The summed E-state index contributed by atoms with van der Waals surface area (Å²) in [4.78, 5) is 33.4. The monoisotopic (exact) mass is 348 g/mol. The number of alkyl halides is 2. The molecule has 1 saturated heterocycles. The Labute approximate surface area is 139 Å². The second-order valence-electron chi connectivity index (χ2n) is 6.14. The summed E-state index contributed by atoms with van der Waals surface area (Å²) in [7, 11) is 0. The molecule has 0 aliphatic carbocycles. The van der Waals surface area contributed by atoms with Gasteiger partial charge in [0.1, 0.15) is 5.69 Å². The molecule has 0 spiro atoms. The van der Waals surface area contributed by atoms with Crippen molar-refractivity contribution < 1.29 is 8.78 Å². The molecule has 1 fully saturated rings. The molecule has 0 radical (unpaired) electrons. The molecule has 1 aliphatic rings. The first-order valence-electron chi connectivity index (χ1n) is 7.65. The lowest BCUT2D eigenvalue weighted by Gasteiger charge is -2.19. The number of nitrogens with one attached hydrogen (secondary N) is 2. The van der Waals surface area contributed by atoms with Crippen LogP contribution in [0.1, 0.15) is 6.92 Å². The van der Waals surface area contributed by atoms with Gasteiger partial charge in [0.25, 0.3) is 11.5 Å². The van der Waals surface area contributed by atoms with Crippen molar-refractivity contribution in [3.05, 3.63) is 45.5 Å². The maximum Gasteiger partial charge on any atom is 0.325 e. The molecule has 8 nitrogen and oxygen atoms in total. The second kappa shape index (κ2) is 5.23. The number of H-pyrrole nitrogens is 2. The van der Waals surface area contributed by atoms with E-state index in [0.717, 1.165) is 0 Å². The fourth-order valence-electron chi connectivity index (χ4n) is 2.99. The van der Waals surface area contributed by atoms with E-state index >= 15 is 0 Å². The summed E-state index contributed by atoms with van der Waals surface area (Å²) in [5.41, 5.74) is 0.0305. The molecular formula is C15H14F2N6O2. The minimum atomic E-state index is -2.80. The van der Waals surface area contributed by atoms with E-state index in [9.17, 15) is 18.4 Å². The van der Waals surface area contributed by atoms with Gasteiger partial charge in [0, 0.05) is 31.1 Å². The highest BCUT2D eigenvalue weighted by molar-refractivity contribution is 5.74. The molecule has 0 bridgehead atoms. The normalized spacial score (nSPS) is 19.6. The molecule has 4 heterocycles. The first-order valence-corrected chi connectivity index (χ1v) is 7.65. The summed E-state index contributed by atoms with van der Waals surface area (Å²) < 4.78 is 29.3. The predicted molar refractivity (Wildman–Crippen MR) is 86.0 cm³/mol. The van der Waals surface area contributed by atoms with E-state index in [1.807, 2.05) is 0 Å². The van der Waals surface area contributed by atoms with Crippen LogP contribution in [0.5, 0.6) is 0 Å². The molecule has 4 rings (SSSR count). The van der Waals surface area contributed by atoms with Crippen LogP contribution in [0.25, 0.3) is 16.9 Å². The zero-order valence-electron chi connectivity index (χ0n) is 13.2. The summed E-state index contributed by atoms with van der Waals surface area (Å²) in [5, 5.41) is 4.28. The van der Waals surface area contributed by atoms with Crippen LogP contribution >= 0.6 is 0 Å². The summed E-state index contributed by atoms with van der Waals surface area (Å²) in [5.74, 6) is -3.60. The van der Waals surface area contributed by atoms with Crippen molar-refractivity contribution in [1.82, 2.24) is 24.6 Å². The standard InChI is InChI=1S/C15H14F2N6O2/c1-8-6-22(7-15(8,16)17)11-4-10(21-23-3-2-18-12(11)23)9-5-19-14(25)20-13(9)24/h2-5,8H,6-7H2,1H3,(H2,19,20,24,25)/t8-/m0/s1. The zero-order valence-corrected chi connectivity index (χ0v) is 13.2. The number of imidazole rings is 1. The maximum atomic E-state index is 14.0. The van der Waals surface area contributed by atoms with Gasteiger partial charge < -0.3 is 9.88 Å². The third-order valence-corrected chi connectivity index (χ3v) is 4.39. The number of fused-ring (bicyclic) bond motifs is 1. The van der Waals surface area contributed by atoms with Crippen molar-refractivity contribution >= 4 is 11.3 Å². The predicted octanol–water partition coefficient (Wildman–Crippen LogP) is 0.864. The van der Waals surface area contributed by atoms with Gasteiger partial charge in [-0.2, -0.15) is 5.10 Å². The lowest BCUT2D eigenvalue weighted by molar-refractivity contribution is -0.0137. The van der Waals surface area contributed by atoms with Gasteiger partial charge in [-0.05, 0) is 6.07 Å². The number of halogens is 2. The third kappa shape index (κ3) is 2.49. The molecule has 130 valence electrons. The second-order valence-corrected chi connectivity index (χ2v) is 6.14. The molecule has 0 aromatic carbocycles. The molecular weight excluding hydrogens is 334 g/mol. The lowest BCUT2D eigenvalue weighted by atomic mass is 10.1. The van der Waals surface area contributed by atoms with Crippen LogP contribution < -0.4 is 16.1 Å². The first kappa shape index (κ1) is 15.5. The minimum absolute atomic E-state index is 0.135. The number of hydrogen-bond donors (Lipinski definition) is 2. The van der Waals surface area contributed by atoms with Crippen molar-refractivity contribution in [3.63, 3.8) is 0 Å². The molecule has 3 aromatic rings. The fourth-order valence-corrected chi connectivity index (χ4v) is 2.99. The molecule has 0 saturated carbocycles. The smallest absolute Gasteiger partial charge is 0.325 e. The van der Waals surface area contributed by atoms with Crippen molar-refractivity contribution in [2.45, 2.75) is 12.8 Å². The number of aromatic nitrogens is 5. The van der Waals surface area contributed by atoms with Crippen LogP contribution in [-0.4, -0.2) is 43.6 Å². The third-order valence-electron chi connectivity index (χ3n) is 4.39. The van der Waals surface area contributed by atoms with Gasteiger partial charge in [0.05, 0.1) is 17.8 Å². The highest BCUT2D eigenvalue weighted by Gasteiger charge is 2.45. The Morgan fingerprint density at radius 3 is 2.84 bits per heavy atom. The van der Waals surface area contributed by atoms with Gasteiger partial charge in [-0.25, -0.2) is 23.1 Å². The molecule has 0 amide bonds. The number of anilines is 1. The van der Waals surface area contributed by atoms with Crippen LogP contribution in [0.3, 0.4) is 0 Å². The Morgan fingerprint density at radius 1 is 1.36 bits per heavy atom. The highest BCUT2D eigenvalue weighted by Crippen LogP contribution is 2.37. The molecule has 10 heteroatoms. The maximum absolute atomic E-state index is 14.0. The van der Waals surface area contributed by atoms with Crippen molar-refractivity contribution in [1.29, 1.82) is 0 Å². The summed E-state index contributed by atoms with van der Waals surface area (Å²) >= 11 is 0. The SMILES string of the molecule is C[C@H]1CN(c2cc(-c3c[nH]c(=O)[nH]c3=O)nn3ccnc23)CC1(F)F. The van der Waals surface area contributed by atoms with Gasteiger partial charge in [-0.3, -0.25) is 9.78 Å². The van der Waals surface area contributed by atoms with Crippen LogP contribution in [0.4, 0.5) is 14.5 Å². The van der Waals surface area contributed by atoms with Gasteiger partial charge in [-0.15, -0.1) is 0 Å². The number of nitrogens with zero attached hydrogens (tertiary/aromatic N) is 4. The van der Waals surface area contributed by atoms with E-state index in [0.29, 0.717) is 11.3 Å². The average molecular weight is 348 g/mol. The van der Waals surface area contributed by atoms with Crippen molar-refractivity contribution in [3.8, 4) is 11.3 Å². The molecule has 1 aliphatic heterocycles. The number of hydrogen-bond acceptors (Lipinski definition) is 5. The van der Waals surface area contributed by atoms with E-state index in [-0.39, 0.29) is 17.8 Å². The quantitative estimate of drug-likeness (QED) is 0.716. The molecule has 3 aromatic heterocycles. The first-order chi connectivity index (χ1) is 11.8. The van der Waals surface area contributed by atoms with Crippen molar-refractivity contribution in [2.75, 3.05) is 18.0 Å². The van der Waals surface area contributed by atoms with E-state index < -0.39 is 29.6 Å². The van der Waals surface area contributed by atoms with Crippen LogP contribution in [-0.2, 0) is 0 Å². The van der Waals surface area contributed by atoms with Crippen molar-refractivity contribution in [2.24, 2.45) is 5.92 Å². The zero-order chi connectivity index (χ0) is 17.8. The van der Waals surface area contributed by atoms with E-state index in [1.54, 1.807) is 12.3 Å². The largest absolute Gasteiger partial charge is 0.362 e. The van der Waals surface area contributed by atoms with Gasteiger partial charge in [0.2, 0.25) is 0 Å². The Balaban J connectivity index is 1.89. The van der Waals surface area contributed by atoms with E-state index in [2.05, 4.69) is 20.1 Å². The fraction of sp³-hybridized carbons (Fsp3) is 0.333. The van der Waals surface area contributed by atoms with Crippen LogP contribution in [0.2, 0.25) is 0 Å². The molecule has 0 unspecified atom stereocenters. The molecule has 25 heavy (non-hydrogen) atoms. The Bertz CT molecular complexity index is 1070. The highest BCUT2D eigenvalue weighted by atomic mass is 19.3. The number of aromatic amines is 2. The molecule has 1 atom stereocenters. The Kier molecular flexibility index (Phi) is 3.24. The van der Waals surface area contributed by atoms with Gasteiger partial charge >= 0.3 is 5.69 Å². The Hall–Kier alpha value is -3.04. The van der Waals surface area contributed by atoms with E-state index in [4.69, 9.17) is 0 Å². The van der Waals surface area contributed by atoms with Crippen LogP contribution in [0, 0.1) is 5.92 Å². The summed E-state index contributed by atoms with van der Waals surface area (Å²) in [6.45, 7) is 1.24. The van der Waals surface area contributed by atoms with Gasteiger partial charge in [-0.1, -0.05) is 6.92 Å². The Morgan fingerprint density at radius 2 is 2.16 bits per heavy atom. The molecule has 2 N–H and O–H groups in total. The lowest BCUT2D eigenvalue weighted by Crippen LogP contribution is -2.27. The topological polar surface area (TPSA) is 99.2 Å². The minimum Gasteiger partial charge on any atom is -0.362 e. The summed E-state index contributed by atoms with van der Waals surface area (Å²) in [6, 6.07) is 1.54. The summed E-state index contributed by atoms with van der Waals surface area (Å²) in [6.07, 6.45) is 4.32. The van der Waals surface area contributed by atoms with Crippen LogP contribution in [0.15, 0.2) is 34.2 Å². The van der Waals surface area contributed by atoms with E-state index in [1.165, 1.54) is 28.7 Å².